The van der Waals surface area contributed by atoms with Crippen LogP contribution in [-0.2, 0) is 41.5 Å². The second-order valence-electron chi connectivity index (χ2n) is 10.8. The monoisotopic (exact) mass is 543 g/mol. The van der Waals surface area contributed by atoms with Gasteiger partial charge in [-0.25, -0.2) is 0 Å². The smallest absolute Gasteiger partial charge is 1.00 e. The van der Waals surface area contributed by atoms with E-state index in [0.717, 1.165) is 12.8 Å². The normalized spacial score (nSPS) is 13.8. The molecule has 0 amide bonds. The van der Waals surface area contributed by atoms with Crippen LogP contribution >= 0.6 is 0 Å². The van der Waals surface area contributed by atoms with Crippen molar-refractivity contribution in [3.63, 3.8) is 0 Å². The van der Waals surface area contributed by atoms with Crippen LogP contribution in [0, 0.1) is 6.07 Å². The van der Waals surface area contributed by atoms with Crippen molar-refractivity contribution in [2.24, 2.45) is 0 Å². The average Bonchev–Trinajstić information content (AvgIpc) is 3.25. The molecule has 0 nitrogen and oxygen atoms in total. The van der Waals surface area contributed by atoms with E-state index in [9.17, 15) is 0 Å². The number of benzene rings is 2. The second-order valence-corrected chi connectivity index (χ2v) is 13.3. The minimum atomic E-state index is 0. The summed E-state index contributed by atoms with van der Waals surface area (Å²) in [6.07, 6.45) is 8.74. The third-order valence-electron chi connectivity index (χ3n) is 5.65. The predicted octanol–water partition coefficient (Wildman–Crippen LogP) is 1.75. The Bertz CT molecular complexity index is 1040. The first-order valence-corrected chi connectivity index (χ1v) is 12.2. The van der Waals surface area contributed by atoms with Gasteiger partial charge in [-0.3, -0.25) is 0 Å². The van der Waals surface area contributed by atoms with Crippen LogP contribution in [0.5, 0.6) is 0 Å². The van der Waals surface area contributed by atoms with E-state index in [2.05, 4.69) is 104 Å². The van der Waals surface area contributed by atoms with Crippen LogP contribution in [0.4, 0.5) is 0 Å². The van der Waals surface area contributed by atoms with Gasteiger partial charge >= 0.3 is 41.3 Å². The molecule has 0 bridgehead atoms. The maximum absolute atomic E-state index is 3.85. The third-order valence-corrected chi connectivity index (χ3v) is 5.65. The van der Waals surface area contributed by atoms with Gasteiger partial charge in [0.05, 0.1) is 0 Å². The Kier molecular flexibility index (Phi) is 10.2. The number of rotatable bonds is 1. The molecule has 0 spiro atoms. The van der Waals surface area contributed by atoms with Crippen LogP contribution in [0.2, 0.25) is 0 Å². The zero-order valence-electron chi connectivity index (χ0n) is 20.7. The molecule has 2 aromatic carbocycles. The summed E-state index contributed by atoms with van der Waals surface area (Å²) < 4.78 is 1.51. The van der Waals surface area contributed by atoms with Gasteiger partial charge in [0.2, 0.25) is 0 Å². The van der Waals surface area contributed by atoms with E-state index in [1.165, 1.54) is 47.7 Å². The van der Waals surface area contributed by atoms with E-state index in [4.69, 9.17) is 0 Å². The van der Waals surface area contributed by atoms with Crippen molar-refractivity contribution >= 4 is 8.78 Å². The molecule has 0 radical (unpaired) electrons. The summed E-state index contributed by atoms with van der Waals surface area (Å²) >= 11 is 1.55. The van der Waals surface area contributed by atoms with Crippen molar-refractivity contribution < 1.29 is 49.0 Å². The summed E-state index contributed by atoms with van der Waals surface area (Å²) in [4.78, 5) is 0. The van der Waals surface area contributed by atoms with E-state index < -0.39 is 0 Å². The van der Waals surface area contributed by atoms with Gasteiger partial charge in [0, 0.05) is 0 Å². The van der Waals surface area contributed by atoms with E-state index >= 15 is 0 Å². The minimum absolute atomic E-state index is 0. The van der Waals surface area contributed by atoms with E-state index in [1.807, 2.05) is 0 Å². The number of halogens is 2. The summed E-state index contributed by atoms with van der Waals surface area (Å²) in [6.45, 7) is 18.0. The molecule has 0 saturated carbocycles. The van der Waals surface area contributed by atoms with Crippen LogP contribution in [0.25, 0.3) is 16.7 Å². The molecular weight excluding hydrogens is 510 g/mol. The molecule has 0 saturated heterocycles. The van der Waals surface area contributed by atoms with Crippen molar-refractivity contribution in [1.82, 2.24) is 0 Å². The van der Waals surface area contributed by atoms with Crippen LogP contribution in [0.3, 0.4) is 0 Å². The predicted molar refractivity (Wildman–Crippen MR) is 129 cm³/mol. The van der Waals surface area contributed by atoms with Gasteiger partial charge in [-0.05, 0) is 34.8 Å². The Morgan fingerprint density at radius 2 is 1.50 bits per heavy atom. The minimum Gasteiger partial charge on any atom is -1.00 e. The van der Waals surface area contributed by atoms with Crippen molar-refractivity contribution in [2.45, 2.75) is 79.1 Å². The largest absolute Gasteiger partial charge is 1.00 e. The first-order chi connectivity index (χ1) is 13.9. The van der Waals surface area contributed by atoms with E-state index in [-0.39, 0.29) is 35.6 Å². The fourth-order valence-electron chi connectivity index (χ4n) is 4.12. The van der Waals surface area contributed by atoms with Gasteiger partial charge in [-0.2, -0.15) is 12.1 Å². The maximum Gasteiger partial charge on any atom is -1.00 e. The average molecular weight is 546 g/mol. The van der Waals surface area contributed by atoms with Crippen LogP contribution in [-0.4, -0.2) is 3.21 Å². The van der Waals surface area contributed by atoms with Gasteiger partial charge < -0.3 is 24.8 Å². The molecule has 3 heteroatoms. The molecule has 2 aliphatic carbocycles. The molecule has 0 N–H and O–H groups in total. The van der Waals surface area contributed by atoms with Gasteiger partial charge in [-0.15, -0.1) is 22.3 Å². The van der Waals surface area contributed by atoms with Crippen molar-refractivity contribution in [1.29, 1.82) is 0 Å². The fraction of sp³-hybridized carbons (Fsp3) is 0.414. The second kappa shape index (κ2) is 11.1. The molecule has 0 unspecified atom stereocenters. The molecule has 0 aromatic heterocycles. The standard InChI is InChI=1S/C26H29.C3H6.2ClH.Zr/c1-25(2,3)20-11-12-21-18(14-20)13-19-15-24(26(4,5)6)23(16-22(19)21)17-9-7-8-10-17;1-3-2;;;/h7-9,11-12,14,16H,10,13H2,1-6H3;1-2H3;2*1H;/q-1;;;;+2/p-2. The molecule has 0 heterocycles. The fourth-order valence-corrected chi connectivity index (χ4v) is 4.12. The Morgan fingerprint density at radius 1 is 0.875 bits per heavy atom. The Hall–Kier alpha value is -0.747. The summed E-state index contributed by atoms with van der Waals surface area (Å²) in [5.74, 6) is 0. The van der Waals surface area contributed by atoms with Crippen molar-refractivity contribution in [2.75, 3.05) is 0 Å². The Morgan fingerprint density at radius 3 is 2.00 bits per heavy atom. The number of hydrogen-bond donors (Lipinski definition) is 0. The van der Waals surface area contributed by atoms with E-state index in [1.54, 1.807) is 24.2 Å². The number of hydrogen-bond acceptors (Lipinski definition) is 0. The zero-order valence-corrected chi connectivity index (χ0v) is 24.7. The maximum atomic E-state index is 3.85. The Balaban J connectivity index is 0.000000790. The number of fused-ring (bicyclic) bond motifs is 3. The van der Waals surface area contributed by atoms with E-state index in [0.29, 0.717) is 0 Å². The van der Waals surface area contributed by atoms with Crippen molar-refractivity contribution in [3.8, 4) is 11.1 Å². The SMILES string of the molecule is CC(C)(C)c1ccc2c(c1)Cc1[c-]c(C(C)(C)C)c(C3=CC=CC3)cc1-2.C[C](C)=[Zr+2].[Cl-].[Cl-]. The van der Waals surface area contributed by atoms with Crippen LogP contribution in [0.1, 0.15) is 89.6 Å². The van der Waals surface area contributed by atoms with Crippen LogP contribution in [0.15, 0.2) is 42.5 Å². The molecule has 0 fully saturated rings. The summed E-state index contributed by atoms with van der Waals surface area (Å²) in [5, 5.41) is 0. The molecule has 32 heavy (non-hydrogen) atoms. The quantitative estimate of drug-likeness (QED) is 0.409. The molecule has 0 aliphatic heterocycles. The zero-order chi connectivity index (χ0) is 22.3. The Labute approximate surface area is 223 Å². The molecule has 4 rings (SSSR count). The number of allylic oxidation sites excluding steroid dienone is 4. The van der Waals surface area contributed by atoms with Gasteiger partial charge in [-0.1, -0.05) is 89.1 Å². The molecule has 2 aromatic rings. The third kappa shape index (κ3) is 6.65. The van der Waals surface area contributed by atoms with Gasteiger partial charge in [0.1, 0.15) is 0 Å². The topological polar surface area (TPSA) is 0 Å². The van der Waals surface area contributed by atoms with Crippen LogP contribution < -0.4 is 24.8 Å². The summed E-state index contributed by atoms with van der Waals surface area (Å²) in [6, 6.07) is 13.3. The first kappa shape index (κ1) is 29.3. The summed E-state index contributed by atoms with van der Waals surface area (Å²) in [5.41, 5.74) is 11.5. The first-order valence-electron chi connectivity index (χ1n) is 11.0. The molecule has 170 valence electrons. The molecular formula is C29H35Cl2Zr-. The van der Waals surface area contributed by atoms with Gasteiger partial charge in [0.15, 0.2) is 0 Å². The van der Waals surface area contributed by atoms with Gasteiger partial charge in [0.25, 0.3) is 0 Å². The van der Waals surface area contributed by atoms with Crippen molar-refractivity contribution in [3.05, 3.63) is 76.4 Å². The molecule has 2 aliphatic rings. The molecule has 0 atom stereocenters. The summed E-state index contributed by atoms with van der Waals surface area (Å²) in [7, 11) is 0.